The molecule has 2 N–H and O–H groups in total. The number of nitrogens with one attached hydrogen (secondary N) is 2. The third kappa shape index (κ3) is 3.76. The van der Waals surface area contributed by atoms with Crippen LogP contribution in [0.3, 0.4) is 0 Å². The van der Waals surface area contributed by atoms with Crippen molar-refractivity contribution in [3.05, 3.63) is 76.6 Å². The molecule has 3 aromatic carbocycles. The second-order valence-electron chi connectivity index (χ2n) is 6.45. The largest absolute Gasteiger partial charge is 0.454 e. The normalized spacial score (nSPS) is 12.9. The van der Waals surface area contributed by atoms with Gasteiger partial charge in [-0.3, -0.25) is 9.52 Å². The summed E-state index contributed by atoms with van der Waals surface area (Å²) in [4.78, 5) is 12.4. The zero-order valence-electron chi connectivity index (χ0n) is 15.0. The first-order valence-corrected chi connectivity index (χ1v) is 10.3. The van der Waals surface area contributed by atoms with E-state index in [1.165, 1.54) is 18.2 Å². The fourth-order valence-electron chi connectivity index (χ4n) is 2.86. The number of carbonyl (C=O) groups excluding carboxylic acids is 1. The Kier molecular flexibility index (Phi) is 4.68. The summed E-state index contributed by atoms with van der Waals surface area (Å²) in [5.41, 5.74) is 1.78. The van der Waals surface area contributed by atoms with Gasteiger partial charge >= 0.3 is 0 Å². The van der Waals surface area contributed by atoms with E-state index < -0.39 is 21.7 Å². The van der Waals surface area contributed by atoms with Crippen LogP contribution in [0.5, 0.6) is 11.5 Å². The molecule has 9 heteroatoms. The van der Waals surface area contributed by atoms with Gasteiger partial charge in [0.25, 0.3) is 15.9 Å². The van der Waals surface area contributed by atoms with Crippen molar-refractivity contribution in [3.63, 3.8) is 0 Å². The lowest BCUT2D eigenvalue weighted by Gasteiger charge is -2.11. The quantitative estimate of drug-likeness (QED) is 0.613. The van der Waals surface area contributed by atoms with Gasteiger partial charge in [-0.1, -0.05) is 17.7 Å². The number of rotatable bonds is 3. The van der Waals surface area contributed by atoms with E-state index in [-0.39, 0.29) is 26.9 Å². The molecular weight excluding hydrogens is 419 g/mol. The summed E-state index contributed by atoms with van der Waals surface area (Å²) in [6.07, 6.45) is 0. The number of halogens is 2. The fraction of sp³-hybridized carbons (Fsp3) is 0.0500. The van der Waals surface area contributed by atoms with Gasteiger partial charge in [0.05, 0.1) is 21.2 Å². The lowest BCUT2D eigenvalue weighted by atomic mass is 10.1. The number of fused-ring (bicyclic) bond motifs is 2. The van der Waals surface area contributed by atoms with Crippen LogP contribution in [-0.4, -0.2) is 14.3 Å². The van der Waals surface area contributed by atoms with E-state index in [4.69, 9.17) is 16.3 Å². The van der Waals surface area contributed by atoms with Crippen LogP contribution < -0.4 is 14.8 Å². The first kappa shape index (κ1) is 19.2. The molecule has 1 aliphatic heterocycles. The monoisotopic (exact) mass is 432 g/mol. The molecule has 6 nitrogen and oxygen atoms in total. The molecule has 148 valence electrons. The lowest BCUT2D eigenvalue weighted by molar-refractivity contribution is 0.102. The maximum atomic E-state index is 13.3. The average Bonchev–Trinajstić information content (AvgIpc) is 2.79. The first-order valence-electron chi connectivity index (χ1n) is 8.45. The van der Waals surface area contributed by atoms with Crippen LogP contribution in [0.1, 0.15) is 15.9 Å². The van der Waals surface area contributed by atoms with Gasteiger partial charge in [-0.25, -0.2) is 12.8 Å². The fourth-order valence-corrected chi connectivity index (χ4v) is 4.18. The number of carbonyl (C=O) groups is 1. The summed E-state index contributed by atoms with van der Waals surface area (Å²) in [5, 5.41) is 2.44. The molecule has 29 heavy (non-hydrogen) atoms. The van der Waals surface area contributed by atoms with E-state index in [9.17, 15) is 17.6 Å². The summed E-state index contributed by atoms with van der Waals surface area (Å²) < 4.78 is 46.6. The number of benzene rings is 3. The lowest BCUT2D eigenvalue weighted by Crippen LogP contribution is -2.15. The van der Waals surface area contributed by atoms with Crippen molar-refractivity contribution < 1.29 is 22.3 Å². The predicted octanol–water partition coefficient (Wildman–Crippen LogP) is 4.95. The predicted molar refractivity (Wildman–Crippen MR) is 108 cm³/mol. The van der Waals surface area contributed by atoms with E-state index in [1.807, 2.05) is 13.0 Å². The van der Waals surface area contributed by atoms with Crippen LogP contribution in [0.25, 0.3) is 0 Å². The Morgan fingerprint density at radius 3 is 2.55 bits per heavy atom. The van der Waals surface area contributed by atoms with Crippen LogP contribution in [-0.2, 0) is 10.0 Å². The van der Waals surface area contributed by atoms with Gasteiger partial charge in [-0.05, 0) is 61.0 Å². The Morgan fingerprint density at radius 2 is 1.79 bits per heavy atom. The molecule has 0 aromatic heterocycles. The third-order valence-electron chi connectivity index (χ3n) is 4.28. The third-order valence-corrected chi connectivity index (χ3v) is 5.95. The van der Waals surface area contributed by atoms with Crippen molar-refractivity contribution in [1.29, 1.82) is 0 Å². The summed E-state index contributed by atoms with van der Waals surface area (Å²) in [7, 11) is -4.04. The van der Waals surface area contributed by atoms with Crippen LogP contribution in [0.2, 0.25) is 5.02 Å². The van der Waals surface area contributed by atoms with Crippen molar-refractivity contribution in [1.82, 2.24) is 0 Å². The SMILES string of the molecule is Cc1ccc2c(c1)NC(=O)c1cc(NS(=O)(=O)c3ccc(F)c(Cl)c3)ccc1O2. The molecule has 0 aliphatic carbocycles. The van der Waals surface area contributed by atoms with E-state index in [2.05, 4.69) is 10.0 Å². The number of anilines is 2. The molecule has 0 fully saturated rings. The summed E-state index contributed by atoms with van der Waals surface area (Å²) in [6, 6.07) is 12.8. The highest BCUT2D eigenvalue weighted by Gasteiger charge is 2.23. The minimum atomic E-state index is -4.04. The van der Waals surface area contributed by atoms with Gasteiger partial charge < -0.3 is 10.1 Å². The van der Waals surface area contributed by atoms with E-state index in [1.54, 1.807) is 12.1 Å². The van der Waals surface area contributed by atoms with Gasteiger partial charge in [0.15, 0.2) is 5.75 Å². The van der Waals surface area contributed by atoms with Crippen molar-refractivity contribution in [2.24, 2.45) is 0 Å². The second kappa shape index (κ2) is 7.06. The molecule has 1 aliphatic rings. The molecule has 0 spiro atoms. The molecule has 0 unspecified atom stereocenters. The summed E-state index contributed by atoms with van der Waals surface area (Å²) in [5.74, 6) is -0.385. The van der Waals surface area contributed by atoms with Crippen LogP contribution in [0.4, 0.5) is 15.8 Å². The Hall–Kier alpha value is -3.10. The van der Waals surface area contributed by atoms with E-state index >= 15 is 0 Å². The highest BCUT2D eigenvalue weighted by molar-refractivity contribution is 7.92. The molecule has 0 atom stereocenters. The van der Waals surface area contributed by atoms with E-state index in [0.29, 0.717) is 11.4 Å². The molecule has 4 rings (SSSR count). The zero-order chi connectivity index (χ0) is 20.8. The van der Waals surface area contributed by atoms with Crippen molar-refractivity contribution in [3.8, 4) is 11.5 Å². The number of sulfonamides is 1. The number of amides is 1. The first-order chi connectivity index (χ1) is 13.7. The Balaban J connectivity index is 1.67. The molecular formula is C20H14ClFN2O4S. The maximum Gasteiger partial charge on any atom is 0.261 e. The highest BCUT2D eigenvalue weighted by atomic mass is 35.5. The van der Waals surface area contributed by atoms with Crippen molar-refractivity contribution >= 4 is 38.9 Å². The van der Waals surface area contributed by atoms with Crippen molar-refractivity contribution in [2.45, 2.75) is 11.8 Å². The Bertz CT molecular complexity index is 1260. The molecule has 0 saturated carbocycles. The summed E-state index contributed by atoms with van der Waals surface area (Å²) >= 11 is 5.67. The van der Waals surface area contributed by atoms with Crippen LogP contribution in [0.15, 0.2) is 59.5 Å². The highest BCUT2D eigenvalue weighted by Crippen LogP contribution is 2.37. The molecule has 0 bridgehead atoms. The molecule has 3 aromatic rings. The zero-order valence-corrected chi connectivity index (χ0v) is 16.6. The topological polar surface area (TPSA) is 84.5 Å². The molecule has 0 radical (unpaired) electrons. The molecule has 0 saturated heterocycles. The van der Waals surface area contributed by atoms with Gasteiger partial charge in [0, 0.05) is 5.69 Å². The number of hydrogen-bond acceptors (Lipinski definition) is 4. The number of aryl methyl sites for hydroxylation is 1. The molecule has 1 heterocycles. The number of hydrogen-bond donors (Lipinski definition) is 2. The van der Waals surface area contributed by atoms with Crippen LogP contribution >= 0.6 is 11.6 Å². The van der Waals surface area contributed by atoms with Gasteiger partial charge in [0.1, 0.15) is 11.6 Å². The maximum absolute atomic E-state index is 13.3. The number of ether oxygens (including phenoxy) is 1. The summed E-state index contributed by atoms with van der Waals surface area (Å²) in [6.45, 7) is 1.89. The van der Waals surface area contributed by atoms with Crippen LogP contribution in [0, 0.1) is 12.7 Å². The minimum Gasteiger partial charge on any atom is -0.454 e. The van der Waals surface area contributed by atoms with Gasteiger partial charge in [0.2, 0.25) is 0 Å². The van der Waals surface area contributed by atoms with E-state index in [0.717, 1.165) is 23.8 Å². The van der Waals surface area contributed by atoms with Crippen molar-refractivity contribution in [2.75, 3.05) is 10.0 Å². The second-order valence-corrected chi connectivity index (χ2v) is 8.54. The Labute approximate surface area is 171 Å². The Morgan fingerprint density at radius 1 is 1.03 bits per heavy atom. The average molecular weight is 433 g/mol. The standard InChI is InChI=1S/C20H14ClFN2O4S/c1-11-2-6-19-17(8-11)23-20(25)14-9-12(3-7-18(14)28-19)24-29(26,27)13-4-5-16(22)15(21)10-13/h2-10,24H,1H3,(H,23,25). The smallest absolute Gasteiger partial charge is 0.261 e. The minimum absolute atomic E-state index is 0.144. The molecule has 1 amide bonds. The van der Waals surface area contributed by atoms with Gasteiger partial charge in [-0.15, -0.1) is 0 Å². The van der Waals surface area contributed by atoms with Gasteiger partial charge in [-0.2, -0.15) is 0 Å².